The molecular weight excluding hydrogens is 380 g/mol. The Kier molecular flexibility index (Phi) is 4.51. The Morgan fingerprint density at radius 1 is 0.677 bits per heavy atom. The Labute approximate surface area is 183 Å². The first-order chi connectivity index (χ1) is 15.0. The van der Waals surface area contributed by atoms with Gasteiger partial charge in [0.1, 0.15) is 0 Å². The van der Waals surface area contributed by atoms with Crippen molar-refractivity contribution in [3.05, 3.63) is 108 Å². The predicted octanol–water partition coefficient (Wildman–Crippen LogP) is 7.11. The van der Waals surface area contributed by atoms with E-state index in [0.29, 0.717) is 5.56 Å². The molecule has 5 rings (SSSR count). The minimum atomic E-state index is -0.323. The quantitative estimate of drug-likeness (QED) is 0.340. The van der Waals surface area contributed by atoms with Crippen LogP contribution in [-0.2, 0) is 10.2 Å². The van der Waals surface area contributed by atoms with E-state index in [1.165, 1.54) is 29.4 Å². The second-order valence-corrected chi connectivity index (χ2v) is 8.52. The van der Waals surface area contributed by atoms with Crippen LogP contribution in [-0.4, -0.2) is 13.1 Å². The Morgan fingerprint density at radius 3 is 2.13 bits per heavy atom. The van der Waals surface area contributed by atoms with Crippen LogP contribution in [0.3, 0.4) is 0 Å². The average molecular weight is 405 g/mol. The Bertz CT molecular complexity index is 1300. The average Bonchev–Trinajstić information content (AvgIpc) is 3.06. The number of carbonyl (C=O) groups is 1. The minimum Gasteiger partial charge on any atom is -0.465 e. The fraction of sp³-hybridized carbons (Fsp3) is 0.138. The Balaban J connectivity index is 1.77. The molecule has 0 saturated carbocycles. The van der Waals surface area contributed by atoms with Crippen molar-refractivity contribution in [2.24, 2.45) is 0 Å². The zero-order valence-corrected chi connectivity index (χ0v) is 18.0. The number of esters is 1. The zero-order valence-electron chi connectivity index (χ0n) is 18.0. The van der Waals surface area contributed by atoms with Crippen molar-refractivity contribution in [1.82, 2.24) is 0 Å². The minimum absolute atomic E-state index is 0.0860. The zero-order chi connectivity index (χ0) is 21.6. The molecular formula is C29H24O2. The number of fused-ring (bicyclic) bond motifs is 3. The molecule has 0 spiro atoms. The van der Waals surface area contributed by atoms with E-state index in [1.54, 1.807) is 0 Å². The summed E-state index contributed by atoms with van der Waals surface area (Å²) < 4.78 is 5.18. The maximum absolute atomic E-state index is 12.8. The fourth-order valence-electron chi connectivity index (χ4n) is 4.85. The van der Waals surface area contributed by atoms with E-state index in [2.05, 4.69) is 80.6 Å². The summed E-state index contributed by atoms with van der Waals surface area (Å²) >= 11 is 0. The first-order valence-electron chi connectivity index (χ1n) is 10.5. The molecule has 2 nitrogen and oxygen atoms in total. The second-order valence-electron chi connectivity index (χ2n) is 8.52. The van der Waals surface area contributed by atoms with Gasteiger partial charge >= 0.3 is 5.97 Å². The van der Waals surface area contributed by atoms with Crippen LogP contribution in [0.5, 0.6) is 0 Å². The maximum Gasteiger partial charge on any atom is 0.338 e. The number of benzene rings is 4. The SMILES string of the molecule is COC(=O)c1cc(-c2ccccc2)ccc1-c1cccc2c1-c1ccccc1C2(C)C. The van der Waals surface area contributed by atoms with Crippen LogP contribution >= 0.6 is 0 Å². The molecule has 2 heteroatoms. The number of rotatable bonds is 3. The molecule has 0 heterocycles. The maximum atomic E-state index is 12.8. The Morgan fingerprint density at radius 2 is 1.35 bits per heavy atom. The molecule has 4 aromatic rings. The molecule has 31 heavy (non-hydrogen) atoms. The monoisotopic (exact) mass is 404 g/mol. The van der Waals surface area contributed by atoms with Gasteiger partial charge in [-0.3, -0.25) is 0 Å². The van der Waals surface area contributed by atoms with Crippen molar-refractivity contribution in [2.45, 2.75) is 19.3 Å². The highest BCUT2D eigenvalue weighted by Gasteiger charge is 2.36. The van der Waals surface area contributed by atoms with Crippen LogP contribution in [0.1, 0.15) is 35.3 Å². The third kappa shape index (κ3) is 2.98. The molecule has 0 saturated heterocycles. The molecule has 0 aliphatic heterocycles. The summed E-state index contributed by atoms with van der Waals surface area (Å²) in [6.45, 7) is 4.53. The molecule has 0 atom stereocenters. The van der Waals surface area contributed by atoms with E-state index in [1.807, 2.05) is 24.3 Å². The van der Waals surface area contributed by atoms with Crippen LogP contribution in [0.2, 0.25) is 0 Å². The molecule has 152 valence electrons. The van der Waals surface area contributed by atoms with Crippen molar-refractivity contribution in [1.29, 1.82) is 0 Å². The summed E-state index contributed by atoms with van der Waals surface area (Å²) in [4.78, 5) is 12.8. The van der Waals surface area contributed by atoms with Crippen LogP contribution in [0.15, 0.2) is 91.0 Å². The number of carbonyl (C=O) groups excluding carboxylic acids is 1. The van der Waals surface area contributed by atoms with Gasteiger partial charge in [-0.25, -0.2) is 4.79 Å². The lowest BCUT2D eigenvalue weighted by molar-refractivity contribution is 0.0601. The van der Waals surface area contributed by atoms with Gasteiger partial charge in [0, 0.05) is 5.41 Å². The molecule has 1 aliphatic rings. The fourth-order valence-corrected chi connectivity index (χ4v) is 4.85. The third-order valence-electron chi connectivity index (χ3n) is 6.43. The van der Waals surface area contributed by atoms with Gasteiger partial charge in [0.25, 0.3) is 0 Å². The summed E-state index contributed by atoms with van der Waals surface area (Å²) in [5.41, 5.74) is 9.58. The molecule has 0 N–H and O–H groups in total. The van der Waals surface area contributed by atoms with Crippen molar-refractivity contribution < 1.29 is 9.53 Å². The van der Waals surface area contributed by atoms with Gasteiger partial charge in [-0.2, -0.15) is 0 Å². The molecule has 0 aromatic heterocycles. The molecule has 0 amide bonds. The van der Waals surface area contributed by atoms with Crippen LogP contribution in [0.4, 0.5) is 0 Å². The van der Waals surface area contributed by atoms with E-state index in [4.69, 9.17) is 4.74 Å². The van der Waals surface area contributed by atoms with Crippen LogP contribution < -0.4 is 0 Å². The van der Waals surface area contributed by atoms with Gasteiger partial charge in [-0.05, 0) is 50.6 Å². The lowest BCUT2D eigenvalue weighted by atomic mass is 9.81. The van der Waals surface area contributed by atoms with E-state index >= 15 is 0 Å². The molecule has 0 radical (unpaired) electrons. The standard InChI is InChI=1S/C29H24O2/c1-29(2)25-14-8-7-12-23(25)27-22(13-9-15-26(27)29)21-17-16-20(18-24(21)28(30)31-3)19-10-5-4-6-11-19/h4-18H,1-3H3. The summed E-state index contributed by atoms with van der Waals surface area (Å²) in [7, 11) is 1.44. The highest BCUT2D eigenvalue weighted by Crippen LogP contribution is 2.52. The van der Waals surface area contributed by atoms with Gasteiger partial charge in [-0.15, -0.1) is 0 Å². The summed E-state index contributed by atoms with van der Waals surface area (Å²) in [6, 6.07) is 31.2. The number of hydrogen-bond acceptors (Lipinski definition) is 2. The van der Waals surface area contributed by atoms with E-state index in [-0.39, 0.29) is 11.4 Å². The van der Waals surface area contributed by atoms with Gasteiger partial charge < -0.3 is 4.74 Å². The molecule has 4 aromatic carbocycles. The van der Waals surface area contributed by atoms with Gasteiger partial charge in [0.15, 0.2) is 0 Å². The smallest absolute Gasteiger partial charge is 0.338 e. The first kappa shape index (κ1) is 19.3. The van der Waals surface area contributed by atoms with E-state index in [0.717, 1.165) is 22.3 Å². The van der Waals surface area contributed by atoms with Crippen molar-refractivity contribution in [3.8, 4) is 33.4 Å². The third-order valence-corrected chi connectivity index (χ3v) is 6.43. The summed E-state index contributed by atoms with van der Waals surface area (Å²) in [5.74, 6) is -0.323. The van der Waals surface area contributed by atoms with Gasteiger partial charge in [0.05, 0.1) is 12.7 Å². The van der Waals surface area contributed by atoms with Crippen molar-refractivity contribution >= 4 is 5.97 Å². The largest absolute Gasteiger partial charge is 0.465 e. The predicted molar refractivity (Wildman–Crippen MR) is 126 cm³/mol. The number of ether oxygens (including phenoxy) is 1. The topological polar surface area (TPSA) is 26.3 Å². The molecule has 0 bridgehead atoms. The highest BCUT2D eigenvalue weighted by molar-refractivity contribution is 6.03. The molecule has 0 fully saturated rings. The lowest BCUT2D eigenvalue weighted by Crippen LogP contribution is -2.14. The first-order valence-corrected chi connectivity index (χ1v) is 10.5. The Hall–Kier alpha value is -3.65. The summed E-state index contributed by atoms with van der Waals surface area (Å²) in [6.07, 6.45) is 0. The van der Waals surface area contributed by atoms with Crippen LogP contribution in [0.25, 0.3) is 33.4 Å². The molecule has 0 unspecified atom stereocenters. The highest BCUT2D eigenvalue weighted by atomic mass is 16.5. The lowest BCUT2D eigenvalue weighted by Gasteiger charge is -2.21. The van der Waals surface area contributed by atoms with Crippen LogP contribution in [0, 0.1) is 0 Å². The van der Waals surface area contributed by atoms with Gasteiger partial charge in [0.2, 0.25) is 0 Å². The van der Waals surface area contributed by atoms with Gasteiger partial charge in [-0.1, -0.05) is 98.8 Å². The number of hydrogen-bond donors (Lipinski definition) is 0. The van der Waals surface area contributed by atoms with E-state index in [9.17, 15) is 4.79 Å². The number of methoxy groups -OCH3 is 1. The normalized spacial score (nSPS) is 13.4. The van der Waals surface area contributed by atoms with Crippen molar-refractivity contribution in [2.75, 3.05) is 7.11 Å². The van der Waals surface area contributed by atoms with Crippen molar-refractivity contribution in [3.63, 3.8) is 0 Å². The molecule has 1 aliphatic carbocycles. The summed E-state index contributed by atoms with van der Waals surface area (Å²) in [5, 5.41) is 0. The van der Waals surface area contributed by atoms with E-state index < -0.39 is 0 Å². The second kappa shape index (κ2) is 7.24.